The Kier molecular flexibility index (Phi) is 8.33. The number of sulfone groups is 1. The van der Waals surface area contributed by atoms with Gasteiger partial charge < -0.3 is 10.6 Å². The van der Waals surface area contributed by atoms with Gasteiger partial charge in [0, 0.05) is 16.7 Å². The molecule has 0 saturated heterocycles. The Labute approximate surface area is 171 Å². The van der Waals surface area contributed by atoms with Gasteiger partial charge in [-0.1, -0.05) is 40.2 Å². The van der Waals surface area contributed by atoms with Gasteiger partial charge >= 0.3 is 0 Å². The Morgan fingerprint density at radius 3 is 2.37 bits per heavy atom. The molecule has 0 heterocycles. The van der Waals surface area contributed by atoms with Crippen LogP contribution in [-0.2, 0) is 19.4 Å². The van der Waals surface area contributed by atoms with Crippen LogP contribution >= 0.6 is 27.7 Å². The molecule has 0 bridgehead atoms. The molecule has 2 N–H and O–H groups in total. The van der Waals surface area contributed by atoms with E-state index in [0.717, 1.165) is 16.2 Å². The van der Waals surface area contributed by atoms with Crippen molar-refractivity contribution >= 4 is 55.0 Å². The van der Waals surface area contributed by atoms with E-state index in [0.29, 0.717) is 5.69 Å². The summed E-state index contributed by atoms with van der Waals surface area (Å²) in [7, 11) is -3.42. The van der Waals surface area contributed by atoms with Crippen LogP contribution in [0.4, 0.5) is 5.69 Å². The van der Waals surface area contributed by atoms with Gasteiger partial charge in [0.15, 0.2) is 9.84 Å². The van der Waals surface area contributed by atoms with E-state index < -0.39 is 9.84 Å². The molecule has 0 radical (unpaired) electrons. The van der Waals surface area contributed by atoms with E-state index in [4.69, 9.17) is 0 Å². The second-order valence-electron chi connectivity index (χ2n) is 5.53. The van der Waals surface area contributed by atoms with E-state index >= 15 is 0 Å². The molecule has 0 spiro atoms. The third kappa shape index (κ3) is 7.74. The van der Waals surface area contributed by atoms with E-state index in [1.807, 2.05) is 12.1 Å². The van der Waals surface area contributed by atoms with Crippen molar-refractivity contribution in [2.45, 2.75) is 4.90 Å². The van der Waals surface area contributed by atoms with Crippen molar-refractivity contribution in [3.8, 4) is 0 Å². The maximum atomic E-state index is 12.1. The zero-order chi connectivity index (χ0) is 19.7. The van der Waals surface area contributed by atoms with E-state index in [1.54, 1.807) is 30.3 Å². The highest BCUT2D eigenvalue weighted by atomic mass is 79.9. The number of thioether (sulfide) groups is 1. The van der Waals surface area contributed by atoms with Gasteiger partial charge in [-0.25, -0.2) is 8.42 Å². The molecule has 0 unspecified atom stereocenters. The van der Waals surface area contributed by atoms with E-state index in [9.17, 15) is 18.0 Å². The second-order valence-corrected chi connectivity index (χ2v) is 9.54. The molecule has 0 aliphatic rings. The lowest BCUT2D eigenvalue weighted by Gasteiger charge is -2.07. The summed E-state index contributed by atoms with van der Waals surface area (Å²) >= 11 is 4.49. The highest BCUT2D eigenvalue weighted by Gasteiger charge is 2.14. The van der Waals surface area contributed by atoms with Gasteiger partial charge in [0.05, 0.1) is 22.2 Å². The second kappa shape index (κ2) is 10.5. The van der Waals surface area contributed by atoms with Crippen LogP contribution in [0.3, 0.4) is 0 Å². The third-order valence-corrected chi connectivity index (χ3v) is 6.53. The molecule has 2 aromatic carbocycles. The fourth-order valence-electron chi connectivity index (χ4n) is 2.12. The zero-order valence-electron chi connectivity index (χ0n) is 14.4. The lowest BCUT2D eigenvalue weighted by atomic mass is 10.3. The van der Waals surface area contributed by atoms with E-state index in [-0.39, 0.29) is 40.5 Å². The van der Waals surface area contributed by atoms with Crippen molar-refractivity contribution in [3.05, 3.63) is 59.1 Å². The molecule has 0 fully saturated rings. The number of halogens is 1. The minimum atomic E-state index is -3.42. The van der Waals surface area contributed by atoms with Crippen molar-refractivity contribution in [3.63, 3.8) is 0 Å². The Morgan fingerprint density at radius 2 is 1.67 bits per heavy atom. The molecule has 0 aliphatic heterocycles. The standard InChI is InChI=1S/C18H19BrN2O4S2/c19-14-5-4-6-15(11-14)21-18(23)13-26-12-17(22)20-9-10-27(24,25)16-7-2-1-3-8-16/h1-8,11H,9-10,12-13H2,(H,20,22)(H,21,23). The highest BCUT2D eigenvalue weighted by molar-refractivity contribution is 9.10. The maximum absolute atomic E-state index is 12.1. The number of carbonyl (C=O) groups excluding carboxylic acids is 2. The topological polar surface area (TPSA) is 92.3 Å². The summed E-state index contributed by atoms with van der Waals surface area (Å²) in [4.78, 5) is 23.9. The summed E-state index contributed by atoms with van der Waals surface area (Å²) in [5.74, 6) is -0.480. The van der Waals surface area contributed by atoms with Crippen LogP contribution in [0.5, 0.6) is 0 Å². The first-order valence-corrected chi connectivity index (χ1v) is 11.6. The average molecular weight is 471 g/mol. The summed E-state index contributed by atoms with van der Waals surface area (Å²) in [5.41, 5.74) is 0.672. The van der Waals surface area contributed by atoms with Crippen LogP contribution in [0.2, 0.25) is 0 Å². The normalized spacial score (nSPS) is 11.0. The average Bonchev–Trinajstić information content (AvgIpc) is 2.62. The van der Waals surface area contributed by atoms with Crippen molar-refractivity contribution in [2.24, 2.45) is 0 Å². The van der Waals surface area contributed by atoms with Crippen LogP contribution in [0.25, 0.3) is 0 Å². The summed E-state index contributed by atoms with van der Waals surface area (Å²) in [6, 6.07) is 15.3. The Balaban J connectivity index is 1.65. The predicted octanol–water partition coefficient (Wildman–Crippen LogP) is 2.71. The summed E-state index contributed by atoms with van der Waals surface area (Å²) in [6.45, 7) is 0.0286. The molecule has 144 valence electrons. The van der Waals surface area contributed by atoms with Gasteiger partial charge in [-0.2, -0.15) is 0 Å². The van der Waals surface area contributed by atoms with Gasteiger partial charge in [0.2, 0.25) is 11.8 Å². The Hall–Kier alpha value is -1.84. The molecule has 2 aromatic rings. The molecule has 6 nitrogen and oxygen atoms in total. The minimum Gasteiger partial charge on any atom is -0.354 e. The van der Waals surface area contributed by atoms with Gasteiger partial charge in [0.25, 0.3) is 0 Å². The molecule has 9 heteroatoms. The fourth-order valence-corrected chi connectivity index (χ4v) is 4.35. The fraction of sp³-hybridized carbons (Fsp3) is 0.222. The van der Waals surface area contributed by atoms with Crippen LogP contribution in [-0.4, -0.2) is 44.0 Å². The first-order valence-electron chi connectivity index (χ1n) is 8.04. The number of carbonyl (C=O) groups is 2. The molecule has 2 amide bonds. The van der Waals surface area contributed by atoms with Crippen LogP contribution in [0.1, 0.15) is 0 Å². The molecule has 27 heavy (non-hydrogen) atoms. The molecule has 2 rings (SSSR count). The van der Waals surface area contributed by atoms with Gasteiger partial charge in [-0.3, -0.25) is 9.59 Å². The molecular formula is C18H19BrN2O4S2. The van der Waals surface area contributed by atoms with E-state index in [2.05, 4.69) is 26.6 Å². The molecule has 0 aliphatic carbocycles. The van der Waals surface area contributed by atoms with Gasteiger partial charge in [-0.05, 0) is 30.3 Å². The number of anilines is 1. The molecule has 0 atom stereocenters. The van der Waals surface area contributed by atoms with Crippen LogP contribution < -0.4 is 10.6 Å². The number of nitrogens with one attached hydrogen (secondary N) is 2. The van der Waals surface area contributed by atoms with Crippen molar-refractivity contribution < 1.29 is 18.0 Å². The highest BCUT2D eigenvalue weighted by Crippen LogP contribution is 2.16. The minimum absolute atomic E-state index is 0.0286. The molecule has 0 aromatic heterocycles. The first kappa shape index (κ1) is 21.5. The number of benzene rings is 2. The SMILES string of the molecule is O=C(CSCC(=O)Nc1cccc(Br)c1)NCCS(=O)(=O)c1ccccc1. The zero-order valence-corrected chi connectivity index (χ0v) is 17.6. The maximum Gasteiger partial charge on any atom is 0.234 e. The summed E-state index contributed by atoms with van der Waals surface area (Å²) in [6.07, 6.45) is 0. The monoisotopic (exact) mass is 470 g/mol. The predicted molar refractivity (Wildman–Crippen MR) is 112 cm³/mol. The Bertz CT molecular complexity index is 889. The number of hydrogen-bond acceptors (Lipinski definition) is 5. The summed E-state index contributed by atoms with van der Waals surface area (Å²) in [5, 5.41) is 5.30. The van der Waals surface area contributed by atoms with Crippen LogP contribution in [0.15, 0.2) is 64.0 Å². The van der Waals surface area contributed by atoms with Crippen LogP contribution in [0, 0.1) is 0 Å². The van der Waals surface area contributed by atoms with Gasteiger partial charge in [0.1, 0.15) is 0 Å². The number of rotatable bonds is 9. The summed E-state index contributed by atoms with van der Waals surface area (Å²) < 4.78 is 25.1. The van der Waals surface area contributed by atoms with Crippen molar-refractivity contribution in [1.82, 2.24) is 5.32 Å². The smallest absolute Gasteiger partial charge is 0.234 e. The number of hydrogen-bond donors (Lipinski definition) is 2. The lowest BCUT2D eigenvalue weighted by Crippen LogP contribution is -2.30. The largest absolute Gasteiger partial charge is 0.354 e. The molecule has 0 saturated carbocycles. The van der Waals surface area contributed by atoms with Gasteiger partial charge in [-0.15, -0.1) is 11.8 Å². The third-order valence-electron chi connectivity index (χ3n) is 3.37. The molecular weight excluding hydrogens is 452 g/mol. The quantitative estimate of drug-likeness (QED) is 0.587. The first-order chi connectivity index (χ1) is 12.9. The lowest BCUT2D eigenvalue weighted by molar-refractivity contribution is -0.118. The Morgan fingerprint density at radius 1 is 0.963 bits per heavy atom. The number of amides is 2. The van der Waals surface area contributed by atoms with Crippen molar-refractivity contribution in [2.75, 3.05) is 29.1 Å². The van der Waals surface area contributed by atoms with Crippen molar-refractivity contribution in [1.29, 1.82) is 0 Å². The van der Waals surface area contributed by atoms with E-state index in [1.165, 1.54) is 12.1 Å².